The quantitative estimate of drug-likeness (QED) is 0.373. The van der Waals surface area contributed by atoms with Crippen LogP contribution in [0.15, 0.2) is 109 Å². The maximum absolute atomic E-state index is 16.8. The molecule has 6 heteroatoms. The van der Waals surface area contributed by atoms with Crippen LogP contribution in [-0.2, 0) is 20.1 Å². The summed E-state index contributed by atoms with van der Waals surface area (Å²) in [7, 11) is 1.41. The van der Waals surface area contributed by atoms with E-state index in [2.05, 4.69) is 0 Å². The van der Waals surface area contributed by atoms with Gasteiger partial charge in [0.25, 0.3) is 0 Å². The number of alkyl halides is 1. The second-order valence-electron chi connectivity index (χ2n) is 8.14. The van der Waals surface area contributed by atoms with Crippen molar-refractivity contribution in [3.8, 4) is 5.75 Å². The summed E-state index contributed by atoms with van der Waals surface area (Å²) in [5.41, 5.74) is -0.906. The third kappa shape index (κ3) is 3.73. The molecule has 0 radical (unpaired) electrons. The number of anilines is 1. The Hall–Kier alpha value is -4.45. The number of amides is 1. The molecule has 0 N–H and O–H groups in total. The number of halogens is 1. The number of fused-ring (bicyclic) bond motifs is 1. The van der Waals surface area contributed by atoms with Crippen LogP contribution in [-0.4, -0.2) is 19.0 Å². The van der Waals surface area contributed by atoms with Crippen LogP contribution in [0, 0.1) is 0 Å². The van der Waals surface area contributed by atoms with Crippen molar-refractivity contribution in [2.75, 3.05) is 12.2 Å². The zero-order chi connectivity index (χ0) is 24.4. The smallest absolute Gasteiger partial charge is 0.344 e. The fraction of sp³-hybridized carbons (Fsp3) is 0.103. The molecule has 5 nitrogen and oxygen atoms in total. The molecule has 1 heterocycles. The molecular weight excluding hydrogens is 445 g/mol. The van der Waals surface area contributed by atoms with Crippen molar-refractivity contribution in [2.24, 2.45) is 0 Å². The van der Waals surface area contributed by atoms with Crippen molar-refractivity contribution in [2.45, 2.75) is 11.6 Å². The molecule has 0 bridgehead atoms. The summed E-state index contributed by atoms with van der Waals surface area (Å²) >= 11 is 0. The molecule has 0 saturated heterocycles. The van der Waals surface area contributed by atoms with Gasteiger partial charge in [0.1, 0.15) is 11.7 Å². The lowest BCUT2D eigenvalue weighted by atomic mass is 9.88. The molecular formula is C29H22FNO4. The molecule has 0 saturated carbocycles. The average Bonchev–Trinajstić information content (AvgIpc) is 3.12. The summed E-state index contributed by atoms with van der Waals surface area (Å²) < 4.78 is 22.1. The first kappa shape index (κ1) is 22.3. The fourth-order valence-electron chi connectivity index (χ4n) is 4.49. The Morgan fingerprint density at radius 2 is 1.29 bits per heavy atom. The van der Waals surface area contributed by atoms with Gasteiger partial charge in [0.05, 0.1) is 12.8 Å². The van der Waals surface area contributed by atoms with E-state index in [1.807, 2.05) is 60.7 Å². The van der Waals surface area contributed by atoms with Gasteiger partial charge in [0.15, 0.2) is 0 Å². The molecule has 0 fully saturated rings. The second kappa shape index (κ2) is 9.06. The van der Waals surface area contributed by atoms with Gasteiger partial charge in [-0.2, -0.15) is 0 Å². The normalized spacial score (nSPS) is 16.8. The highest BCUT2D eigenvalue weighted by atomic mass is 19.1. The lowest BCUT2D eigenvalue weighted by Crippen LogP contribution is -2.40. The highest BCUT2D eigenvalue weighted by molar-refractivity contribution is 6.09. The predicted octanol–water partition coefficient (Wildman–Crippen LogP) is 5.55. The number of para-hydroxylation sites is 2. The Morgan fingerprint density at radius 3 is 1.89 bits per heavy atom. The molecule has 4 aromatic carbocycles. The summed E-state index contributed by atoms with van der Waals surface area (Å²) in [5, 5.41) is 0.767. The molecule has 0 aliphatic carbocycles. The number of methoxy groups -OCH3 is 1. The minimum Gasteiger partial charge on any atom is -0.496 e. The minimum atomic E-state index is -2.58. The summed E-state index contributed by atoms with van der Waals surface area (Å²) in [6.07, 6.45) is 0. The predicted molar refractivity (Wildman–Crippen MR) is 130 cm³/mol. The van der Waals surface area contributed by atoms with Crippen molar-refractivity contribution in [1.82, 2.24) is 0 Å². The van der Waals surface area contributed by atoms with E-state index in [4.69, 9.17) is 9.57 Å². The Bertz CT molecular complexity index is 1340. The molecule has 1 aliphatic heterocycles. The third-order valence-corrected chi connectivity index (χ3v) is 6.13. The highest BCUT2D eigenvalue weighted by Gasteiger charge is 2.56. The number of carbonyl (C=O) groups excluding carboxylic acids is 2. The van der Waals surface area contributed by atoms with E-state index < -0.39 is 23.5 Å². The molecule has 0 unspecified atom stereocenters. The Balaban J connectivity index is 1.56. The van der Waals surface area contributed by atoms with Gasteiger partial charge in [-0.05, 0) is 23.3 Å². The molecule has 35 heavy (non-hydrogen) atoms. The van der Waals surface area contributed by atoms with E-state index in [-0.39, 0.29) is 22.6 Å². The highest BCUT2D eigenvalue weighted by Crippen LogP contribution is 2.50. The van der Waals surface area contributed by atoms with Crippen LogP contribution in [0.2, 0.25) is 0 Å². The monoisotopic (exact) mass is 467 g/mol. The van der Waals surface area contributed by atoms with Crippen molar-refractivity contribution in [3.05, 3.63) is 131 Å². The van der Waals surface area contributed by atoms with Gasteiger partial charge < -0.3 is 9.57 Å². The summed E-state index contributed by atoms with van der Waals surface area (Å²) in [6.45, 7) is 0. The molecule has 0 spiro atoms. The Kier molecular flexibility index (Phi) is 5.79. The van der Waals surface area contributed by atoms with E-state index in [0.29, 0.717) is 11.1 Å². The molecule has 1 amide bonds. The van der Waals surface area contributed by atoms with Gasteiger partial charge in [-0.25, -0.2) is 9.18 Å². The van der Waals surface area contributed by atoms with Crippen molar-refractivity contribution >= 4 is 17.6 Å². The zero-order valence-electron chi connectivity index (χ0n) is 18.9. The van der Waals surface area contributed by atoms with E-state index in [0.717, 1.165) is 5.06 Å². The standard InChI is InChI=1S/C29H22FNO4/c1-34-25-19-11-9-17-23(25)29(30)22-16-8-10-18-24(22)31(28(29)33)35-27(32)26(20-12-4-2-5-13-20)21-14-6-3-7-15-21/h2-19,26H,1H3/t29-/m0/s1. The number of nitrogens with zero attached hydrogens (tertiary/aromatic N) is 1. The van der Waals surface area contributed by atoms with Gasteiger partial charge in [-0.3, -0.25) is 4.79 Å². The number of hydrogen-bond acceptors (Lipinski definition) is 4. The number of ether oxygens (including phenoxy) is 1. The van der Waals surface area contributed by atoms with Crippen LogP contribution in [0.3, 0.4) is 0 Å². The Morgan fingerprint density at radius 1 is 0.771 bits per heavy atom. The molecule has 5 rings (SSSR count). The topological polar surface area (TPSA) is 55.8 Å². The number of carbonyl (C=O) groups is 2. The first-order valence-electron chi connectivity index (χ1n) is 11.1. The van der Waals surface area contributed by atoms with E-state index in [1.54, 1.807) is 36.4 Å². The van der Waals surface area contributed by atoms with Gasteiger partial charge in [0.2, 0.25) is 5.67 Å². The van der Waals surface area contributed by atoms with Crippen LogP contribution in [0.4, 0.5) is 10.1 Å². The lowest BCUT2D eigenvalue weighted by molar-refractivity contribution is -0.153. The molecule has 4 aromatic rings. The van der Waals surface area contributed by atoms with Gasteiger partial charge in [-0.15, -0.1) is 5.06 Å². The van der Waals surface area contributed by atoms with Crippen LogP contribution in [0.1, 0.15) is 28.2 Å². The van der Waals surface area contributed by atoms with Crippen molar-refractivity contribution in [1.29, 1.82) is 0 Å². The zero-order valence-corrected chi connectivity index (χ0v) is 18.9. The Labute approximate surface area is 202 Å². The maximum Gasteiger partial charge on any atom is 0.344 e. The van der Waals surface area contributed by atoms with Crippen LogP contribution in [0.5, 0.6) is 5.75 Å². The van der Waals surface area contributed by atoms with Gasteiger partial charge >= 0.3 is 11.9 Å². The van der Waals surface area contributed by atoms with E-state index in [1.165, 1.54) is 19.2 Å². The summed E-state index contributed by atoms with van der Waals surface area (Å²) in [6, 6.07) is 31.0. The van der Waals surface area contributed by atoms with Crippen molar-refractivity contribution < 1.29 is 23.6 Å². The number of benzene rings is 4. The van der Waals surface area contributed by atoms with Gasteiger partial charge in [-0.1, -0.05) is 97.1 Å². The molecule has 1 atom stereocenters. The number of hydroxylamine groups is 1. The van der Waals surface area contributed by atoms with E-state index >= 15 is 4.39 Å². The van der Waals surface area contributed by atoms with E-state index in [9.17, 15) is 9.59 Å². The number of hydrogen-bond donors (Lipinski definition) is 0. The average molecular weight is 467 g/mol. The first-order chi connectivity index (χ1) is 17.1. The lowest BCUT2D eigenvalue weighted by Gasteiger charge is -2.24. The summed E-state index contributed by atoms with van der Waals surface area (Å²) in [4.78, 5) is 32.8. The molecule has 174 valence electrons. The van der Waals surface area contributed by atoms with Gasteiger partial charge in [0, 0.05) is 11.1 Å². The fourth-order valence-corrected chi connectivity index (χ4v) is 4.49. The molecule has 1 aliphatic rings. The minimum absolute atomic E-state index is 0.0427. The molecule has 0 aromatic heterocycles. The largest absolute Gasteiger partial charge is 0.496 e. The van der Waals surface area contributed by atoms with Crippen LogP contribution >= 0.6 is 0 Å². The second-order valence-corrected chi connectivity index (χ2v) is 8.14. The van der Waals surface area contributed by atoms with Crippen molar-refractivity contribution in [3.63, 3.8) is 0 Å². The SMILES string of the molecule is COc1ccccc1[C@]1(F)C(=O)N(OC(=O)C(c2ccccc2)c2ccccc2)c2ccccc21. The van der Waals surface area contributed by atoms with Crippen LogP contribution < -0.4 is 9.80 Å². The first-order valence-corrected chi connectivity index (χ1v) is 11.1. The number of rotatable bonds is 6. The summed E-state index contributed by atoms with van der Waals surface area (Å²) in [5.74, 6) is -2.30. The third-order valence-electron chi connectivity index (χ3n) is 6.13. The van der Waals surface area contributed by atoms with Crippen LogP contribution in [0.25, 0.3) is 0 Å². The maximum atomic E-state index is 16.8.